The third-order valence-corrected chi connectivity index (χ3v) is 3.65. The van der Waals surface area contributed by atoms with Crippen LogP contribution in [0.25, 0.3) is 0 Å². The van der Waals surface area contributed by atoms with E-state index in [1.54, 1.807) is 0 Å². The van der Waals surface area contributed by atoms with Crippen molar-refractivity contribution in [1.29, 1.82) is 0 Å². The van der Waals surface area contributed by atoms with E-state index < -0.39 is 0 Å². The minimum Gasteiger partial charge on any atom is -0.461 e. The standard InChI is InChI=1S/C13H22O4/c1-9(3-4-13-15-5-6-16-13)7-10(2)11-8-12(14)17-11/h9-11,13H,3-8H2,1-2H3. The zero-order valence-electron chi connectivity index (χ0n) is 10.7. The van der Waals surface area contributed by atoms with Crippen molar-refractivity contribution in [3.8, 4) is 0 Å². The van der Waals surface area contributed by atoms with Crippen LogP contribution in [0.15, 0.2) is 0 Å². The third kappa shape index (κ3) is 3.68. The van der Waals surface area contributed by atoms with E-state index >= 15 is 0 Å². The monoisotopic (exact) mass is 242 g/mol. The lowest BCUT2D eigenvalue weighted by molar-refractivity contribution is -0.174. The lowest BCUT2D eigenvalue weighted by Gasteiger charge is -2.32. The van der Waals surface area contributed by atoms with Crippen LogP contribution in [0, 0.1) is 11.8 Å². The van der Waals surface area contributed by atoms with Crippen LogP contribution >= 0.6 is 0 Å². The highest BCUT2D eigenvalue weighted by molar-refractivity contribution is 5.75. The van der Waals surface area contributed by atoms with Crippen molar-refractivity contribution in [3.05, 3.63) is 0 Å². The van der Waals surface area contributed by atoms with E-state index in [-0.39, 0.29) is 18.4 Å². The van der Waals surface area contributed by atoms with Gasteiger partial charge in [-0.05, 0) is 31.1 Å². The van der Waals surface area contributed by atoms with E-state index in [1.807, 2.05) is 0 Å². The van der Waals surface area contributed by atoms with Gasteiger partial charge in [-0.15, -0.1) is 0 Å². The van der Waals surface area contributed by atoms with E-state index in [2.05, 4.69) is 13.8 Å². The fourth-order valence-corrected chi connectivity index (χ4v) is 2.54. The SMILES string of the molecule is CC(CCC1OCCO1)CC(C)C1CC(=O)O1. The van der Waals surface area contributed by atoms with Gasteiger partial charge in [0.1, 0.15) is 6.10 Å². The quantitative estimate of drug-likeness (QED) is 0.669. The maximum atomic E-state index is 10.7. The maximum absolute atomic E-state index is 10.7. The zero-order chi connectivity index (χ0) is 12.3. The summed E-state index contributed by atoms with van der Waals surface area (Å²) in [6, 6.07) is 0. The minimum absolute atomic E-state index is 0.00860. The Bertz CT molecular complexity index is 252. The number of ether oxygens (including phenoxy) is 3. The van der Waals surface area contributed by atoms with Crippen molar-refractivity contribution >= 4 is 5.97 Å². The lowest BCUT2D eigenvalue weighted by Crippen LogP contribution is -2.38. The molecular weight excluding hydrogens is 220 g/mol. The lowest BCUT2D eigenvalue weighted by atomic mass is 9.87. The van der Waals surface area contributed by atoms with E-state index in [9.17, 15) is 4.79 Å². The second-order valence-corrected chi connectivity index (χ2v) is 5.30. The summed E-state index contributed by atoms with van der Waals surface area (Å²) in [5.41, 5.74) is 0. The van der Waals surface area contributed by atoms with E-state index in [0.717, 1.165) is 32.5 Å². The molecule has 4 nitrogen and oxygen atoms in total. The first-order valence-corrected chi connectivity index (χ1v) is 6.58. The molecule has 0 aromatic rings. The number of hydrogen-bond donors (Lipinski definition) is 0. The Balaban J connectivity index is 1.59. The van der Waals surface area contributed by atoms with Gasteiger partial charge < -0.3 is 14.2 Å². The summed E-state index contributed by atoms with van der Waals surface area (Å²) in [6.45, 7) is 5.86. The van der Waals surface area contributed by atoms with E-state index in [0.29, 0.717) is 18.3 Å². The summed E-state index contributed by atoms with van der Waals surface area (Å²) in [5.74, 6) is 1.03. The van der Waals surface area contributed by atoms with Crippen LogP contribution in [0.2, 0.25) is 0 Å². The molecule has 2 heterocycles. The second-order valence-electron chi connectivity index (χ2n) is 5.30. The molecule has 0 aromatic heterocycles. The molecule has 2 saturated heterocycles. The van der Waals surface area contributed by atoms with Crippen molar-refractivity contribution < 1.29 is 19.0 Å². The highest BCUT2D eigenvalue weighted by Gasteiger charge is 2.33. The highest BCUT2D eigenvalue weighted by atomic mass is 16.7. The Kier molecular flexibility index (Phi) is 4.40. The van der Waals surface area contributed by atoms with Gasteiger partial charge in [0.15, 0.2) is 6.29 Å². The van der Waals surface area contributed by atoms with Crippen LogP contribution in [0.5, 0.6) is 0 Å². The van der Waals surface area contributed by atoms with Gasteiger partial charge in [-0.25, -0.2) is 0 Å². The molecule has 3 atom stereocenters. The molecule has 2 aliphatic heterocycles. The van der Waals surface area contributed by atoms with Crippen molar-refractivity contribution in [2.45, 2.75) is 51.9 Å². The van der Waals surface area contributed by atoms with Crippen LogP contribution in [0.1, 0.15) is 39.5 Å². The normalized spacial score (nSPS) is 28.6. The molecule has 0 saturated carbocycles. The third-order valence-electron chi connectivity index (χ3n) is 3.65. The molecule has 17 heavy (non-hydrogen) atoms. The van der Waals surface area contributed by atoms with Crippen LogP contribution in [0.3, 0.4) is 0 Å². The molecule has 2 aliphatic rings. The van der Waals surface area contributed by atoms with Crippen LogP contribution in [-0.4, -0.2) is 31.6 Å². The second kappa shape index (κ2) is 5.83. The van der Waals surface area contributed by atoms with Crippen molar-refractivity contribution in [2.24, 2.45) is 11.8 Å². The van der Waals surface area contributed by atoms with Gasteiger partial charge in [0.25, 0.3) is 0 Å². The Morgan fingerprint density at radius 3 is 2.53 bits per heavy atom. The largest absolute Gasteiger partial charge is 0.461 e. The molecule has 0 N–H and O–H groups in total. The summed E-state index contributed by atoms with van der Waals surface area (Å²) in [6.07, 6.45) is 3.94. The number of rotatable bonds is 6. The van der Waals surface area contributed by atoms with Crippen molar-refractivity contribution in [1.82, 2.24) is 0 Å². The van der Waals surface area contributed by atoms with Crippen LogP contribution in [0.4, 0.5) is 0 Å². The van der Waals surface area contributed by atoms with Crippen LogP contribution < -0.4 is 0 Å². The molecule has 2 rings (SSSR count). The Morgan fingerprint density at radius 1 is 1.29 bits per heavy atom. The number of hydrogen-bond acceptors (Lipinski definition) is 4. The summed E-state index contributed by atoms with van der Waals surface area (Å²) < 4.78 is 15.9. The Hall–Kier alpha value is -0.610. The smallest absolute Gasteiger partial charge is 0.309 e. The number of carbonyl (C=O) groups excluding carboxylic acids is 1. The van der Waals surface area contributed by atoms with Gasteiger partial charge in [0.05, 0.1) is 19.6 Å². The van der Waals surface area contributed by atoms with E-state index in [1.165, 1.54) is 0 Å². The van der Waals surface area contributed by atoms with Gasteiger partial charge in [0, 0.05) is 0 Å². The Labute approximate surface area is 103 Å². The van der Waals surface area contributed by atoms with Crippen LogP contribution in [-0.2, 0) is 19.0 Å². The summed E-state index contributed by atoms with van der Waals surface area (Å²) in [7, 11) is 0. The zero-order valence-corrected chi connectivity index (χ0v) is 10.7. The van der Waals surface area contributed by atoms with Gasteiger partial charge in [-0.3, -0.25) is 4.79 Å². The summed E-state index contributed by atoms with van der Waals surface area (Å²) >= 11 is 0. The molecule has 3 unspecified atom stereocenters. The average molecular weight is 242 g/mol. The maximum Gasteiger partial charge on any atom is 0.309 e. The number of esters is 1. The first kappa shape index (κ1) is 12.8. The molecule has 0 bridgehead atoms. The highest BCUT2D eigenvalue weighted by Crippen LogP contribution is 2.28. The summed E-state index contributed by atoms with van der Waals surface area (Å²) in [4.78, 5) is 10.7. The predicted molar refractivity (Wildman–Crippen MR) is 62.4 cm³/mol. The molecular formula is C13H22O4. The first-order chi connectivity index (χ1) is 8.15. The van der Waals surface area contributed by atoms with Gasteiger partial charge in [-0.1, -0.05) is 13.8 Å². The molecule has 4 heteroatoms. The first-order valence-electron chi connectivity index (χ1n) is 6.58. The molecule has 0 aromatic carbocycles. The van der Waals surface area contributed by atoms with Gasteiger partial charge in [-0.2, -0.15) is 0 Å². The molecule has 0 amide bonds. The Morgan fingerprint density at radius 2 is 1.94 bits per heavy atom. The van der Waals surface area contributed by atoms with E-state index in [4.69, 9.17) is 14.2 Å². The molecule has 98 valence electrons. The number of carbonyl (C=O) groups is 1. The average Bonchev–Trinajstić information content (AvgIpc) is 2.74. The topological polar surface area (TPSA) is 44.8 Å². The number of cyclic esters (lactones) is 1. The molecule has 2 fully saturated rings. The van der Waals surface area contributed by atoms with Gasteiger partial charge >= 0.3 is 5.97 Å². The van der Waals surface area contributed by atoms with Crippen molar-refractivity contribution in [2.75, 3.05) is 13.2 Å². The van der Waals surface area contributed by atoms with Gasteiger partial charge in [0.2, 0.25) is 0 Å². The summed E-state index contributed by atoms with van der Waals surface area (Å²) in [5, 5.41) is 0. The molecule has 0 radical (unpaired) electrons. The predicted octanol–water partition coefficient (Wildman–Crippen LogP) is 2.12. The minimum atomic E-state index is -0.0535. The molecule has 0 spiro atoms. The molecule has 0 aliphatic carbocycles. The van der Waals surface area contributed by atoms with Crippen molar-refractivity contribution in [3.63, 3.8) is 0 Å². The fourth-order valence-electron chi connectivity index (χ4n) is 2.54. The fraction of sp³-hybridized carbons (Fsp3) is 0.923.